The van der Waals surface area contributed by atoms with E-state index in [2.05, 4.69) is 27.4 Å². The standard InChI is InChI=1S/C17H22N4O2/c18-15-14(19-8-9-20-15)16(22)21-12-17(6-10-23-11-7-17)13-4-2-1-3-5-13/h1-5H,6-12H2,(H2,18,20)(H,21,22). The highest BCUT2D eigenvalue weighted by atomic mass is 16.5. The molecule has 0 spiro atoms. The minimum atomic E-state index is -0.243. The number of carbonyl (C=O) groups excluding carboxylic acids is 1. The van der Waals surface area contributed by atoms with Crippen molar-refractivity contribution in [3.8, 4) is 0 Å². The first kappa shape index (κ1) is 15.7. The highest BCUT2D eigenvalue weighted by Crippen LogP contribution is 2.34. The molecule has 0 atom stereocenters. The van der Waals surface area contributed by atoms with Crippen LogP contribution in [0.1, 0.15) is 18.4 Å². The van der Waals surface area contributed by atoms with E-state index < -0.39 is 0 Å². The zero-order chi connectivity index (χ0) is 16.1. The summed E-state index contributed by atoms with van der Waals surface area (Å²) >= 11 is 0. The van der Waals surface area contributed by atoms with E-state index in [1.54, 1.807) is 0 Å². The molecule has 1 aromatic rings. The molecule has 0 bridgehead atoms. The third-order valence-corrected chi connectivity index (χ3v) is 4.53. The van der Waals surface area contributed by atoms with Crippen LogP contribution in [0.3, 0.4) is 0 Å². The van der Waals surface area contributed by atoms with Crippen molar-refractivity contribution in [2.24, 2.45) is 15.7 Å². The lowest BCUT2D eigenvalue weighted by Gasteiger charge is -2.38. The van der Waals surface area contributed by atoms with Crippen LogP contribution in [0.2, 0.25) is 0 Å². The molecule has 6 heteroatoms. The van der Waals surface area contributed by atoms with Crippen molar-refractivity contribution < 1.29 is 9.53 Å². The van der Waals surface area contributed by atoms with Crippen molar-refractivity contribution in [3.05, 3.63) is 35.9 Å². The van der Waals surface area contributed by atoms with Gasteiger partial charge in [0, 0.05) is 25.2 Å². The summed E-state index contributed by atoms with van der Waals surface area (Å²) in [6, 6.07) is 10.3. The second kappa shape index (κ2) is 6.91. The molecule has 2 aliphatic heterocycles. The number of amides is 1. The van der Waals surface area contributed by atoms with Crippen molar-refractivity contribution in [1.82, 2.24) is 5.32 Å². The van der Waals surface area contributed by atoms with Gasteiger partial charge in [-0.25, -0.2) is 0 Å². The van der Waals surface area contributed by atoms with Gasteiger partial charge in [-0.2, -0.15) is 0 Å². The summed E-state index contributed by atoms with van der Waals surface area (Å²) < 4.78 is 5.51. The Morgan fingerprint density at radius 3 is 2.57 bits per heavy atom. The predicted octanol–water partition coefficient (Wildman–Crippen LogP) is 0.663. The molecule has 3 rings (SSSR count). The van der Waals surface area contributed by atoms with E-state index in [1.165, 1.54) is 5.56 Å². The van der Waals surface area contributed by atoms with E-state index in [1.807, 2.05) is 18.2 Å². The Labute approximate surface area is 135 Å². The number of carbonyl (C=O) groups is 1. The average Bonchev–Trinajstić information content (AvgIpc) is 2.62. The summed E-state index contributed by atoms with van der Waals surface area (Å²) in [6.45, 7) is 3.02. The minimum Gasteiger partial charge on any atom is -0.382 e. The summed E-state index contributed by atoms with van der Waals surface area (Å²) in [4.78, 5) is 20.7. The molecular formula is C17H22N4O2. The zero-order valence-corrected chi connectivity index (χ0v) is 13.1. The smallest absolute Gasteiger partial charge is 0.273 e. The van der Waals surface area contributed by atoms with Crippen molar-refractivity contribution in [2.75, 3.05) is 32.8 Å². The van der Waals surface area contributed by atoms with Gasteiger partial charge in [-0.05, 0) is 18.4 Å². The van der Waals surface area contributed by atoms with Gasteiger partial charge in [-0.15, -0.1) is 0 Å². The van der Waals surface area contributed by atoms with E-state index in [4.69, 9.17) is 10.5 Å². The number of hydrogen-bond acceptors (Lipinski definition) is 5. The van der Waals surface area contributed by atoms with E-state index in [9.17, 15) is 4.79 Å². The fourth-order valence-corrected chi connectivity index (χ4v) is 3.13. The molecular weight excluding hydrogens is 292 g/mol. The summed E-state index contributed by atoms with van der Waals surface area (Å²) in [5.74, 6) is -0.0118. The molecule has 6 nitrogen and oxygen atoms in total. The Morgan fingerprint density at radius 1 is 1.17 bits per heavy atom. The summed E-state index contributed by atoms with van der Waals surface area (Å²) in [7, 11) is 0. The summed E-state index contributed by atoms with van der Waals surface area (Å²) in [5.41, 5.74) is 7.16. The quantitative estimate of drug-likeness (QED) is 0.855. The van der Waals surface area contributed by atoms with Gasteiger partial charge < -0.3 is 15.8 Å². The number of aliphatic imine (C=N–C) groups is 2. The molecule has 1 amide bonds. The Morgan fingerprint density at radius 2 is 1.87 bits per heavy atom. The zero-order valence-electron chi connectivity index (χ0n) is 13.1. The van der Waals surface area contributed by atoms with Crippen LogP contribution in [0.15, 0.2) is 40.3 Å². The molecule has 0 radical (unpaired) electrons. The maximum Gasteiger partial charge on any atom is 0.273 e. The van der Waals surface area contributed by atoms with E-state index in [0.717, 1.165) is 12.8 Å². The van der Waals surface area contributed by atoms with Crippen LogP contribution in [0.5, 0.6) is 0 Å². The molecule has 23 heavy (non-hydrogen) atoms. The molecule has 1 saturated heterocycles. The van der Waals surface area contributed by atoms with E-state index >= 15 is 0 Å². The van der Waals surface area contributed by atoms with Crippen LogP contribution in [-0.4, -0.2) is 50.3 Å². The van der Waals surface area contributed by atoms with Crippen LogP contribution in [-0.2, 0) is 14.9 Å². The van der Waals surface area contributed by atoms with Crippen LogP contribution < -0.4 is 11.1 Å². The average molecular weight is 314 g/mol. The Kier molecular flexibility index (Phi) is 4.71. The second-order valence-corrected chi connectivity index (χ2v) is 5.94. The molecule has 0 aromatic heterocycles. The van der Waals surface area contributed by atoms with Gasteiger partial charge in [0.25, 0.3) is 5.91 Å². The number of ether oxygens (including phenoxy) is 1. The van der Waals surface area contributed by atoms with E-state index in [-0.39, 0.29) is 22.9 Å². The van der Waals surface area contributed by atoms with Crippen molar-refractivity contribution in [3.63, 3.8) is 0 Å². The first-order valence-corrected chi connectivity index (χ1v) is 7.97. The first-order valence-electron chi connectivity index (χ1n) is 7.97. The largest absolute Gasteiger partial charge is 0.382 e. The highest BCUT2D eigenvalue weighted by molar-refractivity contribution is 6.66. The van der Waals surface area contributed by atoms with Gasteiger partial charge in [0.1, 0.15) is 5.84 Å². The maximum absolute atomic E-state index is 12.4. The summed E-state index contributed by atoms with van der Waals surface area (Å²) in [6.07, 6.45) is 1.76. The van der Waals surface area contributed by atoms with Crippen LogP contribution in [0.4, 0.5) is 0 Å². The lowest BCUT2D eigenvalue weighted by Crippen LogP contribution is -2.48. The fraction of sp³-hybridized carbons (Fsp3) is 0.471. The number of nitrogens with two attached hydrogens (primary N) is 1. The molecule has 0 saturated carbocycles. The van der Waals surface area contributed by atoms with Gasteiger partial charge >= 0.3 is 0 Å². The summed E-state index contributed by atoms with van der Waals surface area (Å²) in [5, 5.41) is 3.01. The molecule has 2 aliphatic rings. The van der Waals surface area contributed by atoms with Crippen LogP contribution in [0, 0.1) is 0 Å². The molecule has 1 fully saturated rings. The van der Waals surface area contributed by atoms with Crippen LogP contribution in [0.25, 0.3) is 0 Å². The maximum atomic E-state index is 12.4. The second-order valence-electron chi connectivity index (χ2n) is 5.94. The number of nitrogens with one attached hydrogen (secondary N) is 1. The number of hydrogen-bond donors (Lipinski definition) is 2. The Bertz CT molecular complexity index is 619. The Hall–Kier alpha value is -2.21. The molecule has 1 aromatic carbocycles. The highest BCUT2D eigenvalue weighted by Gasteiger charge is 2.35. The number of rotatable bonds is 4. The third-order valence-electron chi connectivity index (χ3n) is 4.53. The van der Waals surface area contributed by atoms with Gasteiger partial charge in [0.2, 0.25) is 0 Å². The monoisotopic (exact) mass is 314 g/mol. The Balaban J connectivity index is 1.74. The normalized spacial score (nSPS) is 20.3. The lowest BCUT2D eigenvalue weighted by molar-refractivity contribution is -0.115. The molecule has 0 aliphatic carbocycles. The first-order chi connectivity index (χ1) is 11.2. The van der Waals surface area contributed by atoms with Gasteiger partial charge in [0.05, 0.1) is 13.1 Å². The minimum absolute atomic E-state index is 0.101. The lowest BCUT2D eigenvalue weighted by atomic mass is 9.74. The molecule has 3 N–H and O–H groups in total. The number of amidine groups is 1. The molecule has 2 heterocycles. The number of benzene rings is 1. The van der Waals surface area contributed by atoms with Gasteiger partial charge in [0.15, 0.2) is 5.71 Å². The topological polar surface area (TPSA) is 89.1 Å². The van der Waals surface area contributed by atoms with Crippen molar-refractivity contribution >= 4 is 17.5 Å². The number of nitrogens with zero attached hydrogens (tertiary/aromatic N) is 2. The van der Waals surface area contributed by atoms with Gasteiger partial charge in [-0.1, -0.05) is 30.3 Å². The van der Waals surface area contributed by atoms with Crippen LogP contribution >= 0.6 is 0 Å². The van der Waals surface area contributed by atoms with Crippen molar-refractivity contribution in [2.45, 2.75) is 18.3 Å². The molecule has 0 unspecified atom stereocenters. The third kappa shape index (κ3) is 3.42. The van der Waals surface area contributed by atoms with Crippen molar-refractivity contribution in [1.29, 1.82) is 0 Å². The van der Waals surface area contributed by atoms with E-state index in [0.29, 0.717) is 32.8 Å². The SMILES string of the molecule is NC1=NCCN=C1C(=O)NCC1(c2ccccc2)CCOCC1. The molecule has 122 valence electrons. The fourth-order valence-electron chi connectivity index (χ4n) is 3.13. The van der Waals surface area contributed by atoms with Gasteiger partial charge in [-0.3, -0.25) is 14.8 Å². The predicted molar refractivity (Wildman–Crippen MR) is 90.0 cm³/mol.